The normalized spacial score (nSPS) is 18.2. The zero-order valence-corrected chi connectivity index (χ0v) is 29.9. The minimum atomic E-state index is -1.04. The molecule has 14 heteroatoms. The lowest BCUT2D eigenvalue weighted by atomic mass is 9.77. The van der Waals surface area contributed by atoms with Gasteiger partial charge >= 0.3 is 0 Å². The molecule has 0 spiro atoms. The Balaban J connectivity index is 1.42. The summed E-state index contributed by atoms with van der Waals surface area (Å²) in [5, 5.41) is 16.3. The van der Waals surface area contributed by atoms with E-state index in [1.807, 2.05) is 44.2 Å². The van der Waals surface area contributed by atoms with E-state index in [9.17, 15) is 14.4 Å². The van der Waals surface area contributed by atoms with E-state index < -0.39 is 35.4 Å². The van der Waals surface area contributed by atoms with Crippen molar-refractivity contribution in [3.8, 4) is 5.75 Å². The molecule has 1 aromatic heterocycles. The summed E-state index contributed by atoms with van der Waals surface area (Å²) in [5.41, 5.74) is 2.35. The SMILES string of the molecule is CN[C@@H](C)C(=O)N[C@H](C(=O)NC(=O)[C@@H]1CCCN1)C(C)(C)Cc1cc2c(Nc3ccc(N4CCN(C)CC4)c(Cl)c3)ncnc2cc1OC. The van der Waals surface area contributed by atoms with Crippen LogP contribution in [0.3, 0.4) is 0 Å². The molecule has 0 unspecified atom stereocenters. The van der Waals surface area contributed by atoms with Gasteiger partial charge in [-0.25, -0.2) is 9.97 Å². The van der Waals surface area contributed by atoms with Crippen molar-refractivity contribution in [2.45, 2.75) is 58.2 Å². The van der Waals surface area contributed by atoms with Gasteiger partial charge in [-0.3, -0.25) is 19.7 Å². The molecule has 2 fully saturated rings. The number of amides is 3. The number of rotatable bonds is 12. The maximum atomic E-state index is 13.7. The molecule has 3 atom stereocenters. The molecule has 2 saturated heterocycles. The Morgan fingerprint density at radius 1 is 1.10 bits per heavy atom. The average Bonchev–Trinajstić information content (AvgIpc) is 3.63. The van der Waals surface area contributed by atoms with E-state index in [0.717, 1.165) is 61.5 Å². The number of carbonyl (C=O) groups is 3. The lowest BCUT2D eigenvalue weighted by Crippen LogP contribution is -2.59. The monoisotopic (exact) mass is 693 g/mol. The van der Waals surface area contributed by atoms with Crippen LogP contribution in [0.15, 0.2) is 36.7 Å². The number of imide groups is 1. The van der Waals surface area contributed by atoms with Gasteiger partial charge in [0.25, 0.3) is 0 Å². The first-order valence-corrected chi connectivity index (χ1v) is 17.2. The van der Waals surface area contributed by atoms with Crippen LogP contribution in [0.1, 0.15) is 39.2 Å². The average molecular weight is 694 g/mol. The molecule has 0 radical (unpaired) electrons. The fraction of sp³-hybridized carbons (Fsp3) is 0.514. The first-order valence-electron chi connectivity index (χ1n) is 16.8. The number of carbonyl (C=O) groups excluding carboxylic acids is 3. The van der Waals surface area contributed by atoms with E-state index in [-0.39, 0.29) is 5.91 Å². The van der Waals surface area contributed by atoms with E-state index in [1.54, 1.807) is 21.1 Å². The summed E-state index contributed by atoms with van der Waals surface area (Å²) in [4.78, 5) is 53.3. The Kier molecular flexibility index (Phi) is 11.6. The van der Waals surface area contributed by atoms with Crippen LogP contribution in [-0.2, 0) is 20.8 Å². The van der Waals surface area contributed by atoms with Gasteiger partial charge in [-0.15, -0.1) is 0 Å². The number of piperazine rings is 1. The van der Waals surface area contributed by atoms with Crippen molar-refractivity contribution in [2.24, 2.45) is 5.41 Å². The molecule has 0 bridgehead atoms. The van der Waals surface area contributed by atoms with Crippen LogP contribution in [-0.4, -0.2) is 105 Å². The highest BCUT2D eigenvalue weighted by Gasteiger charge is 2.39. The van der Waals surface area contributed by atoms with Crippen LogP contribution in [0.2, 0.25) is 5.02 Å². The van der Waals surface area contributed by atoms with Crippen molar-refractivity contribution >= 4 is 57.4 Å². The molecular formula is C35H48ClN9O4. The minimum Gasteiger partial charge on any atom is -0.496 e. The lowest BCUT2D eigenvalue weighted by molar-refractivity contribution is -0.137. The standard InChI is InChI=1S/C35H48ClN9O4/c1-21(37-4)32(46)42-30(34(48)43-33(47)26-8-7-11-38-26)35(2,3)19-22-16-24-27(18-29(22)49-6)39-20-40-31(24)41-23-9-10-28(25(36)17-23)45-14-12-44(5)13-15-45/h9-10,16-18,20-21,26,30,37-38H,7-8,11-15,19H2,1-6H3,(H,42,46)(H,39,40,41)(H,43,47,48)/t21-,26-,30+/m0/s1. The molecule has 264 valence electrons. The predicted molar refractivity (Wildman–Crippen MR) is 193 cm³/mol. The van der Waals surface area contributed by atoms with Gasteiger partial charge in [0.05, 0.1) is 35.4 Å². The molecule has 3 heterocycles. The van der Waals surface area contributed by atoms with Crippen LogP contribution in [0, 0.1) is 5.41 Å². The van der Waals surface area contributed by atoms with Gasteiger partial charge in [-0.1, -0.05) is 25.4 Å². The molecule has 0 aliphatic carbocycles. The van der Waals surface area contributed by atoms with Crippen molar-refractivity contribution in [3.05, 3.63) is 47.2 Å². The van der Waals surface area contributed by atoms with Crippen LogP contribution in [0.25, 0.3) is 10.9 Å². The summed E-state index contributed by atoms with van der Waals surface area (Å²) >= 11 is 6.77. The third kappa shape index (κ3) is 8.58. The summed E-state index contributed by atoms with van der Waals surface area (Å²) in [6.07, 6.45) is 3.31. The number of fused-ring (bicyclic) bond motifs is 1. The first kappa shape index (κ1) is 36.2. The molecule has 2 aliphatic rings. The summed E-state index contributed by atoms with van der Waals surface area (Å²) in [6, 6.07) is 7.67. The number of halogens is 1. The van der Waals surface area contributed by atoms with Crippen molar-refractivity contribution in [1.29, 1.82) is 0 Å². The number of likely N-dealkylation sites (N-methyl/N-ethyl adjacent to an activating group) is 2. The summed E-state index contributed by atoms with van der Waals surface area (Å²) in [6.45, 7) is 9.98. The number of anilines is 3. The van der Waals surface area contributed by atoms with Crippen molar-refractivity contribution in [1.82, 2.24) is 36.1 Å². The Morgan fingerprint density at radius 3 is 2.51 bits per heavy atom. The molecule has 13 nitrogen and oxygen atoms in total. The van der Waals surface area contributed by atoms with Crippen molar-refractivity contribution in [2.75, 3.05) is 64.1 Å². The first-order chi connectivity index (χ1) is 23.4. The van der Waals surface area contributed by atoms with Crippen LogP contribution in [0.4, 0.5) is 17.2 Å². The highest BCUT2D eigenvalue weighted by atomic mass is 35.5. The second-order valence-corrected chi connectivity index (χ2v) is 14.0. The fourth-order valence-corrected chi connectivity index (χ4v) is 6.68. The van der Waals surface area contributed by atoms with Crippen LogP contribution in [0.5, 0.6) is 5.75 Å². The number of aromatic nitrogens is 2. The Hall–Kier alpha value is -4.04. The predicted octanol–water partition coefficient (Wildman–Crippen LogP) is 2.84. The molecule has 3 amide bonds. The second kappa shape index (κ2) is 15.7. The number of methoxy groups -OCH3 is 1. The zero-order chi connectivity index (χ0) is 35.3. The van der Waals surface area contributed by atoms with Crippen molar-refractivity contribution in [3.63, 3.8) is 0 Å². The van der Waals surface area contributed by atoms with Gasteiger partial charge < -0.3 is 35.8 Å². The Bertz CT molecular complexity index is 1670. The van der Waals surface area contributed by atoms with E-state index >= 15 is 0 Å². The summed E-state index contributed by atoms with van der Waals surface area (Å²) in [5.74, 6) is -0.167. The van der Waals surface area contributed by atoms with E-state index in [4.69, 9.17) is 16.3 Å². The molecule has 49 heavy (non-hydrogen) atoms. The topological polar surface area (TPSA) is 153 Å². The minimum absolute atomic E-state index is 0.314. The van der Waals surface area contributed by atoms with Crippen molar-refractivity contribution < 1.29 is 19.1 Å². The molecule has 0 saturated carbocycles. The summed E-state index contributed by atoms with van der Waals surface area (Å²) < 4.78 is 5.79. The number of ether oxygens (including phenoxy) is 1. The number of benzene rings is 2. The van der Waals surface area contributed by atoms with E-state index in [1.165, 1.54) is 6.33 Å². The Morgan fingerprint density at radius 2 is 1.86 bits per heavy atom. The number of nitrogens with zero attached hydrogens (tertiary/aromatic N) is 4. The zero-order valence-electron chi connectivity index (χ0n) is 29.2. The molecule has 5 rings (SSSR count). The van der Waals surface area contributed by atoms with E-state index in [0.29, 0.717) is 34.9 Å². The Labute approximate surface area is 292 Å². The maximum Gasteiger partial charge on any atom is 0.249 e. The highest BCUT2D eigenvalue weighted by molar-refractivity contribution is 6.33. The smallest absolute Gasteiger partial charge is 0.249 e. The third-order valence-corrected chi connectivity index (χ3v) is 9.82. The van der Waals surface area contributed by atoms with Gasteiger partial charge in [0, 0.05) is 43.3 Å². The van der Waals surface area contributed by atoms with Gasteiger partial charge in [0.2, 0.25) is 17.7 Å². The fourth-order valence-electron chi connectivity index (χ4n) is 6.38. The number of hydrogen-bond acceptors (Lipinski definition) is 11. The molecule has 2 aromatic carbocycles. The van der Waals surface area contributed by atoms with Gasteiger partial charge in [0.1, 0.15) is 23.9 Å². The van der Waals surface area contributed by atoms with Crippen LogP contribution < -0.4 is 36.2 Å². The molecule has 2 aliphatic heterocycles. The number of nitrogens with one attached hydrogen (secondary N) is 5. The van der Waals surface area contributed by atoms with Gasteiger partial charge in [-0.05, 0) is 82.1 Å². The second-order valence-electron chi connectivity index (χ2n) is 13.6. The lowest BCUT2D eigenvalue weighted by Gasteiger charge is -2.35. The highest BCUT2D eigenvalue weighted by Crippen LogP contribution is 2.36. The molecule has 3 aromatic rings. The quantitative estimate of drug-likeness (QED) is 0.190. The summed E-state index contributed by atoms with van der Waals surface area (Å²) in [7, 11) is 5.37. The maximum absolute atomic E-state index is 13.7. The van der Waals surface area contributed by atoms with Gasteiger partial charge in [0.15, 0.2) is 0 Å². The van der Waals surface area contributed by atoms with Gasteiger partial charge in [-0.2, -0.15) is 0 Å². The van der Waals surface area contributed by atoms with Crippen LogP contribution >= 0.6 is 11.6 Å². The number of hydrogen-bond donors (Lipinski definition) is 5. The van der Waals surface area contributed by atoms with E-state index in [2.05, 4.69) is 53.4 Å². The largest absolute Gasteiger partial charge is 0.496 e. The molecular weight excluding hydrogens is 646 g/mol. The third-order valence-electron chi connectivity index (χ3n) is 9.52. The molecule has 5 N–H and O–H groups in total.